The van der Waals surface area contributed by atoms with Crippen molar-refractivity contribution >= 4 is 22.2 Å². The van der Waals surface area contributed by atoms with Gasteiger partial charge in [0.15, 0.2) is 11.5 Å². The SMILES string of the molecule is CCOc1ccc([C@@H]2NC(=O)c3c(sc4c3CC[C@@H](C(C)(C)CC)C4)N2)cc1OC. The molecule has 1 aliphatic carbocycles. The van der Waals surface area contributed by atoms with Crippen LogP contribution >= 0.6 is 11.3 Å². The van der Waals surface area contributed by atoms with Crippen LogP contribution in [0.1, 0.15) is 73.1 Å². The minimum absolute atomic E-state index is 0.0207. The van der Waals surface area contributed by atoms with Crippen molar-refractivity contribution in [1.29, 1.82) is 0 Å². The number of hydrogen-bond acceptors (Lipinski definition) is 5. The Morgan fingerprint density at radius 2 is 2.00 bits per heavy atom. The second kappa shape index (κ2) is 8.14. The van der Waals surface area contributed by atoms with Crippen molar-refractivity contribution in [2.24, 2.45) is 11.3 Å². The van der Waals surface area contributed by atoms with Gasteiger partial charge in [0.2, 0.25) is 0 Å². The van der Waals surface area contributed by atoms with Crippen molar-refractivity contribution in [3.8, 4) is 11.5 Å². The summed E-state index contributed by atoms with van der Waals surface area (Å²) < 4.78 is 11.1. The van der Waals surface area contributed by atoms with Crippen molar-refractivity contribution in [1.82, 2.24) is 5.32 Å². The van der Waals surface area contributed by atoms with Crippen molar-refractivity contribution < 1.29 is 14.3 Å². The van der Waals surface area contributed by atoms with E-state index in [-0.39, 0.29) is 12.1 Å². The van der Waals surface area contributed by atoms with Gasteiger partial charge in [-0.2, -0.15) is 0 Å². The molecular formula is C24H32N2O3S. The first-order valence-corrected chi connectivity index (χ1v) is 11.7. The molecule has 0 spiro atoms. The molecule has 2 aliphatic rings. The predicted octanol–water partition coefficient (Wildman–Crippen LogP) is 5.55. The number of fused-ring (bicyclic) bond motifs is 3. The van der Waals surface area contributed by atoms with E-state index in [0.29, 0.717) is 29.4 Å². The Morgan fingerprint density at radius 3 is 2.70 bits per heavy atom. The minimum atomic E-state index is -0.280. The molecule has 4 rings (SSSR count). The molecule has 0 fully saturated rings. The summed E-state index contributed by atoms with van der Waals surface area (Å²) in [6.45, 7) is 9.54. The van der Waals surface area contributed by atoms with Gasteiger partial charge in [-0.15, -0.1) is 11.3 Å². The Hall–Kier alpha value is -2.21. The Morgan fingerprint density at radius 1 is 1.20 bits per heavy atom. The van der Waals surface area contributed by atoms with Gasteiger partial charge in [0.05, 0.1) is 19.3 Å². The number of methoxy groups -OCH3 is 1. The third-order valence-corrected chi connectivity index (χ3v) is 8.07. The average molecular weight is 429 g/mol. The number of amides is 1. The molecule has 2 atom stereocenters. The Balaban J connectivity index is 1.60. The molecular weight excluding hydrogens is 396 g/mol. The summed E-state index contributed by atoms with van der Waals surface area (Å²) in [5.41, 5.74) is 3.40. The lowest BCUT2D eigenvalue weighted by atomic mass is 9.69. The third-order valence-electron chi connectivity index (χ3n) is 6.88. The van der Waals surface area contributed by atoms with Crippen LogP contribution in [-0.4, -0.2) is 19.6 Å². The maximum atomic E-state index is 13.1. The number of carbonyl (C=O) groups is 1. The molecule has 0 unspecified atom stereocenters. The second-order valence-corrected chi connectivity index (χ2v) is 9.99. The number of nitrogens with one attached hydrogen (secondary N) is 2. The third kappa shape index (κ3) is 3.66. The smallest absolute Gasteiger partial charge is 0.256 e. The zero-order chi connectivity index (χ0) is 21.5. The molecule has 1 amide bonds. The Labute approximate surface area is 183 Å². The highest BCUT2D eigenvalue weighted by atomic mass is 32.1. The average Bonchev–Trinajstić information content (AvgIpc) is 3.12. The summed E-state index contributed by atoms with van der Waals surface area (Å²) in [6, 6.07) is 5.81. The molecule has 1 aromatic carbocycles. The zero-order valence-electron chi connectivity index (χ0n) is 18.6. The lowest BCUT2D eigenvalue weighted by Crippen LogP contribution is -2.38. The van der Waals surface area contributed by atoms with Crippen LogP contribution in [0.3, 0.4) is 0 Å². The van der Waals surface area contributed by atoms with Gasteiger partial charge >= 0.3 is 0 Å². The molecule has 1 aliphatic heterocycles. The fourth-order valence-electron chi connectivity index (χ4n) is 4.56. The summed E-state index contributed by atoms with van der Waals surface area (Å²) in [4.78, 5) is 14.4. The van der Waals surface area contributed by atoms with E-state index in [9.17, 15) is 4.79 Å². The fraction of sp³-hybridized carbons (Fsp3) is 0.542. The van der Waals surface area contributed by atoms with Gasteiger partial charge in [0, 0.05) is 4.88 Å². The Bertz CT molecular complexity index is 950. The summed E-state index contributed by atoms with van der Waals surface area (Å²) in [7, 11) is 1.63. The van der Waals surface area contributed by atoms with Crippen molar-refractivity contribution in [2.75, 3.05) is 19.0 Å². The number of benzene rings is 1. The maximum Gasteiger partial charge on any atom is 0.256 e. The number of hydrogen-bond donors (Lipinski definition) is 2. The molecule has 0 saturated heterocycles. The van der Waals surface area contributed by atoms with Crippen molar-refractivity contribution in [3.63, 3.8) is 0 Å². The molecule has 0 saturated carbocycles. The highest BCUT2D eigenvalue weighted by Crippen LogP contribution is 2.47. The van der Waals surface area contributed by atoms with E-state index in [1.807, 2.05) is 25.1 Å². The van der Waals surface area contributed by atoms with E-state index >= 15 is 0 Å². The molecule has 5 nitrogen and oxygen atoms in total. The lowest BCUT2D eigenvalue weighted by Gasteiger charge is -2.36. The van der Waals surface area contributed by atoms with Gasteiger partial charge in [-0.05, 0) is 60.8 Å². The van der Waals surface area contributed by atoms with E-state index in [0.717, 1.165) is 35.4 Å². The van der Waals surface area contributed by atoms with Crippen LogP contribution < -0.4 is 20.1 Å². The number of anilines is 1. The van der Waals surface area contributed by atoms with Crippen molar-refractivity contribution in [2.45, 2.75) is 59.5 Å². The van der Waals surface area contributed by atoms with Gasteiger partial charge in [-0.3, -0.25) is 4.79 Å². The van der Waals surface area contributed by atoms with Gasteiger partial charge < -0.3 is 20.1 Å². The molecule has 2 heterocycles. The zero-order valence-corrected chi connectivity index (χ0v) is 19.4. The monoisotopic (exact) mass is 428 g/mol. The predicted molar refractivity (Wildman–Crippen MR) is 122 cm³/mol. The number of rotatable bonds is 6. The largest absolute Gasteiger partial charge is 0.493 e. The molecule has 2 aromatic rings. The summed E-state index contributed by atoms with van der Waals surface area (Å²) in [6.07, 6.45) is 4.12. The van der Waals surface area contributed by atoms with Gasteiger partial charge in [-0.1, -0.05) is 33.3 Å². The number of carbonyl (C=O) groups excluding carboxylic acids is 1. The van der Waals surface area contributed by atoms with Crippen LogP contribution in [0.15, 0.2) is 18.2 Å². The number of ether oxygens (including phenoxy) is 2. The molecule has 6 heteroatoms. The van der Waals surface area contributed by atoms with E-state index in [2.05, 4.69) is 31.4 Å². The number of thiophene rings is 1. The van der Waals surface area contributed by atoms with E-state index in [1.54, 1.807) is 18.4 Å². The Kier molecular flexibility index (Phi) is 5.71. The normalized spacial score (nSPS) is 20.6. The van der Waals surface area contributed by atoms with Gasteiger partial charge in [0.25, 0.3) is 5.91 Å². The van der Waals surface area contributed by atoms with Crippen LogP contribution in [0.4, 0.5) is 5.00 Å². The summed E-state index contributed by atoms with van der Waals surface area (Å²) >= 11 is 1.76. The highest BCUT2D eigenvalue weighted by Gasteiger charge is 2.37. The molecule has 2 N–H and O–H groups in total. The minimum Gasteiger partial charge on any atom is -0.493 e. The maximum absolute atomic E-state index is 13.1. The second-order valence-electron chi connectivity index (χ2n) is 8.88. The van der Waals surface area contributed by atoms with Crippen LogP contribution in [0.5, 0.6) is 11.5 Å². The molecule has 162 valence electrons. The first kappa shape index (κ1) is 21.0. The molecule has 0 bridgehead atoms. The molecule has 30 heavy (non-hydrogen) atoms. The van der Waals surface area contributed by atoms with E-state index in [1.165, 1.54) is 16.9 Å². The van der Waals surface area contributed by atoms with Crippen LogP contribution in [0, 0.1) is 11.3 Å². The van der Waals surface area contributed by atoms with Crippen LogP contribution in [0.25, 0.3) is 0 Å². The van der Waals surface area contributed by atoms with E-state index in [4.69, 9.17) is 9.47 Å². The quantitative estimate of drug-likeness (QED) is 0.633. The standard InChI is InChI=1S/C24H32N2O3S/c1-6-24(3,4)15-9-10-16-19(13-15)30-23-20(16)22(27)25-21(26-23)14-8-11-17(29-7-2)18(12-14)28-5/h8,11-12,15,21,26H,6-7,9-10,13H2,1-5H3,(H,25,27)/t15-,21-/m1/s1. The molecule has 1 aromatic heterocycles. The van der Waals surface area contributed by atoms with E-state index < -0.39 is 0 Å². The summed E-state index contributed by atoms with van der Waals surface area (Å²) in [5.74, 6) is 2.07. The van der Waals surface area contributed by atoms with Gasteiger partial charge in [0.1, 0.15) is 11.2 Å². The fourth-order valence-corrected chi connectivity index (χ4v) is 5.91. The first-order chi connectivity index (χ1) is 14.4. The van der Waals surface area contributed by atoms with Crippen molar-refractivity contribution in [3.05, 3.63) is 39.8 Å². The van der Waals surface area contributed by atoms with Crippen LogP contribution in [-0.2, 0) is 12.8 Å². The topological polar surface area (TPSA) is 59.6 Å². The van der Waals surface area contributed by atoms with Crippen LogP contribution in [0.2, 0.25) is 0 Å². The first-order valence-electron chi connectivity index (χ1n) is 10.9. The summed E-state index contributed by atoms with van der Waals surface area (Å²) in [5, 5.41) is 7.70. The lowest BCUT2D eigenvalue weighted by molar-refractivity contribution is 0.0934. The highest BCUT2D eigenvalue weighted by molar-refractivity contribution is 7.16. The molecule has 0 radical (unpaired) electrons. The van der Waals surface area contributed by atoms with Gasteiger partial charge in [-0.25, -0.2) is 0 Å².